The number of anilines is 1. The molecule has 0 spiro atoms. The fourth-order valence-corrected chi connectivity index (χ4v) is 4.40. The molecular formula is C20H27N3O. The summed E-state index contributed by atoms with van der Waals surface area (Å²) in [6.45, 7) is 6.37. The Balaban J connectivity index is 1.34. The molecule has 4 nitrogen and oxygen atoms in total. The minimum Gasteiger partial charge on any atom is -0.378 e. The van der Waals surface area contributed by atoms with Gasteiger partial charge in [-0.25, -0.2) is 0 Å². The number of nitriles is 1. The molecule has 24 heavy (non-hydrogen) atoms. The van der Waals surface area contributed by atoms with E-state index < -0.39 is 0 Å². The predicted octanol–water partition coefficient (Wildman–Crippen LogP) is 3.03. The molecule has 128 valence electrons. The van der Waals surface area contributed by atoms with Gasteiger partial charge in [0.2, 0.25) is 0 Å². The topological polar surface area (TPSA) is 39.5 Å². The highest BCUT2D eigenvalue weighted by Crippen LogP contribution is 2.52. The van der Waals surface area contributed by atoms with Gasteiger partial charge in [0.1, 0.15) is 6.07 Å². The number of hydrogen-bond donors (Lipinski definition) is 0. The molecule has 1 saturated carbocycles. The maximum atomic E-state index is 9.31. The molecule has 1 atom stereocenters. The van der Waals surface area contributed by atoms with Crippen molar-refractivity contribution in [2.24, 2.45) is 5.41 Å². The highest BCUT2D eigenvalue weighted by atomic mass is 16.5. The first-order chi connectivity index (χ1) is 11.8. The van der Waals surface area contributed by atoms with E-state index in [0.717, 1.165) is 44.0 Å². The van der Waals surface area contributed by atoms with Crippen LogP contribution in [0, 0.1) is 16.7 Å². The highest BCUT2D eigenvalue weighted by Gasteiger charge is 2.51. The highest BCUT2D eigenvalue weighted by molar-refractivity contribution is 5.59. The molecule has 2 aliphatic heterocycles. The average Bonchev–Trinajstić information content (AvgIpc) is 3.44. The van der Waals surface area contributed by atoms with Gasteiger partial charge in [-0.2, -0.15) is 5.26 Å². The monoisotopic (exact) mass is 325 g/mol. The summed E-state index contributed by atoms with van der Waals surface area (Å²) in [6.07, 6.45) is 7.03. The SMILES string of the molecule is N#Cc1ccccc1N1CCN(CC2(C3CCCCO3)CC2)CC1. The summed E-state index contributed by atoms with van der Waals surface area (Å²) in [7, 11) is 0. The molecule has 4 heteroatoms. The molecule has 3 aliphatic rings. The van der Waals surface area contributed by atoms with Crippen molar-refractivity contribution in [2.75, 3.05) is 44.2 Å². The zero-order valence-corrected chi connectivity index (χ0v) is 14.4. The Morgan fingerprint density at radius 3 is 2.58 bits per heavy atom. The number of nitrogens with zero attached hydrogens (tertiary/aromatic N) is 3. The maximum Gasteiger partial charge on any atom is 0.101 e. The molecule has 0 amide bonds. The van der Waals surface area contributed by atoms with E-state index in [1.165, 1.54) is 38.6 Å². The molecular weight excluding hydrogens is 298 g/mol. The van der Waals surface area contributed by atoms with Crippen molar-refractivity contribution >= 4 is 5.69 Å². The number of rotatable bonds is 4. The number of ether oxygens (including phenoxy) is 1. The minimum atomic E-state index is 0.452. The van der Waals surface area contributed by atoms with Gasteiger partial charge in [0.25, 0.3) is 0 Å². The van der Waals surface area contributed by atoms with E-state index in [1.807, 2.05) is 18.2 Å². The number of piperazine rings is 1. The Morgan fingerprint density at radius 1 is 1.12 bits per heavy atom. The first-order valence-electron chi connectivity index (χ1n) is 9.39. The third-order valence-electron chi connectivity index (χ3n) is 6.03. The lowest BCUT2D eigenvalue weighted by Crippen LogP contribution is -2.50. The predicted molar refractivity (Wildman–Crippen MR) is 95.1 cm³/mol. The van der Waals surface area contributed by atoms with Gasteiger partial charge in [-0.05, 0) is 44.2 Å². The Kier molecular flexibility index (Phi) is 4.47. The molecule has 0 aromatic heterocycles. The lowest BCUT2D eigenvalue weighted by Gasteiger charge is -2.40. The van der Waals surface area contributed by atoms with Crippen LogP contribution in [0.1, 0.15) is 37.7 Å². The first kappa shape index (κ1) is 15.9. The van der Waals surface area contributed by atoms with Gasteiger partial charge in [-0.1, -0.05) is 12.1 Å². The molecule has 0 radical (unpaired) electrons. The van der Waals surface area contributed by atoms with E-state index >= 15 is 0 Å². The average molecular weight is 325 g/mol. The number of benzene rings is 1. The molecule has 0 N–H and O–H groups in total. The fourth-order valence-electron chi connectivity index (χ4n) is 4.40. The quantitative estimate of drug-likeness (QED) is 0.853. The first-order valence-corrected chi connectivity index (χ1v) is 9.39. The van der Waals surface area contributed by atoms with E-state index in [1.54, 1.807) is 0 Å². The van der Waals surface area contributed by atoms with Gasteiger partial charge in [0, 0.05) is 44.7 Å². The van der Waals surface area contributed by atoms with Crippen LogP contribution in [0.25, 0.3) is 0 Å². The molecule has 2 heterocycles. The van der Waals surface area contributed by atoms with Gasteiger partial charge >= 0.3 is 0 Å². The molecule has 1 aliphatic carbocycles. The van der Waals surface area contributed by atoms with Crippen molar-refractivity contribution in [1.29, 1.82) is 5.26 Å². The van der Waals surface area contributed by atoms with Crippen molar-refractivity contribution in [1.82, 2.24) is 4.90 Å². The van der Waals surface area contributed by atoms with Crippen LogP contribution in [0.5, 0.6) is 0 Å². The normalized spacial score (nSPS) is 26.8. The molecule has 1 aromatic carbocycles. The summed E-state index contributed by atoms with van der Waals surface area (Å²) in [5.74, 6) is 0. The summed E-state index contributed by atoms with van der Waals surface area (Å²) in [6, 6.07) is 10.3. The van der Waals surface area contributed by atoms with Crippen molar-refractivity contribution in [2.45, 2.75) is 38.2 Å². The Morgan fingerprint density at radius 2 is 1.92 bits per heavy atom. The molecule has 0 bridgehead atoms. The van der Waals surface area contributed by atoms with Crippen LogP contribution < -0.4 is 4.90 Å². The van der Waals surface area contributed by atoms with Crippen molar-refractivity contribution in [3.8, 4) is 6.07 Å². The third-order valence-corrected chi connectivity index (χ3v) is 6.03. The molecule has 3 fully saturated rings. The number of hydrogen-bond acceptors (Lipinski definition) is 4. The summed E-state index contributed by atoms with van der Waals surface area (Å²) in [4.78, 5) is 4.99. The minimum absolute atomic E-state index is 0.452. The summed E-state index contributed by atoms with van der Waals surface area (Å²) in [5.41, 5.74) is 2.34. The maximum absolute atomic E-state index is 9.31. The van der Waals surface area contributed by atoms with Crippen LogP contribution >= 0.6 is 0 Å². The van der Waals surface area contributed by atoms with E-state index in [-0.39, 0.29) is 0 Å². The fraction of sp³-hybridized carbons (Fsp3) is 0.650. The zero-order valence-electron chi connectivity index (χ0n) is 14.4. The van der Waals surface area contributed by atoms with E-state index in [0.29, 0.717) is 11.5 Å². The van der Waals surface area contributed by atoms with Gasteiger partial charge in [0.05, 0.1) is 17.4 Å². The van der Waals surface area contributed by atoms with Crippen molar-refractivity contribution < 1.29 is 4.74 Å². The van der Waals surface area contributed by atoms with Crippen LogP contribution in [0.3, 0.4) is 0 Å². The zero-order chi connectivity index (χ0) is 16.4. The molecule has 1 unspecified atom stereocenters. The van der Waals surface area contributed by atoms with Crippen molar-refractivity contribution in [3.63, 3.8) is 0 Å². The second-order valence-electron chi connectivity index (χ2n) is 7.61. The van der Waals surface area contributed by atoms with Crippen LogP contribution in [0.4, 0.5) is 5.69 Å². The van der Waals surface area contributed by atoms with Crippen LogP contribution in [0.15, 0.2) is 24.3 Å². The lowest BCUT2D eigenvalue weighted by molar-refractivity contribution is -0.0406. The smallest absolute Gasteiger partial charge is 0.101 e. The molecule has 2 saturated heterocycles. The summed E-state index contributed by atoms with van der Waals surface area (Å²) in [5, 5.41) is 9.31. The van der Waals surface area contributed by atoms with Gasteiger partial charge in [-0.15, -0.1) is 0 Å². The van der Waals surface area contributed by atoms with Gasteiger partial charge in [-0.3, -0.25) is 4.90 Å². The third kappa shape index (κ3) is 3.16. The second-order valence-corrected chi connectivity index (χ2v) is 7.61. The lowest BCUT2D eigenvalue weighted by atomic mass is 9.92. The summed E-state index contributed by atoms with van der Waals surface area (Å²) >= 11 is 0. The standard InChI is InChI=1S/C20H27N3O/c21-15-17-5-1-2-6-18(17)23-12-10-22(11-13-23)16-20(8-9-20)19-7-3-4-14-24-19/h1-2,5-6,19H,3-4,7-14,16H2. The van der Waals surface area contributed by atoms with E-state index in [4.69, 9.17) is 4.74 Å². The molecule has 1 aromatic rings. The second kappa shape index (κ2) is 6.74. The van der Waals surface area contributed by atoms with Crippen LogP contribution in [0.2, 0.25) is 0 Å². The van der Waals surface area contributed by atoms with Gasteiger partial charge in [0.15, 0.2) is 0 Å². The summed E-state index contributed by atoms with van der Waals surface area (Å²) < 4.78 is 6.09. The van der Waals surface area contributed by atoms with Gasteiger partial charge < -0.3 is 9.64 Å². The Hall–Kier alpha value is -1.57. The van der Waals surface area contributed by atoms with Crippen LogP contribution in [-0.2, 0) is 4.74 Å². The van der Waals surface area contributed by atoms with E-state index in [9.17, 15) is 5.26 Å². The molecule has 4 rings (SSSR count). The largest absolute Gasteiger partial charge is 0.378 e. The Bertz CT molecular complexity index is 606. The van der Waals surface area contributed by atoms with Crippen molar-refractivity contribution in [3.05, 3.63) is 29.8 Å². The van der Waals surface area contributed by atoms with E-state index in [2.05, 4.69) is 21.9 Å². The number of para-hydroxylation sites is 1. The Labute approximate surface area is 145 Å². The van der Waals surface area contributed by atoms with Crippen LogP contribution in [-0.4, -0.2) is 50.3 Å².